The maximum atomic E-state index is 11.0. The predicted molar refractivity (Wildman–Crippen MR) is 58.6 cm³/mol. The van der Waals surface area contributed by atoms with Crippen LogP contribution in [0.4, 0.5) is 4.79 Å². The van der Waals surface area contributed by atoms with E-state index in [1.54, 1.807) is 0 Å². The molecule has 5 nitrogen and oxygen atoms in total. The van der Waals surface area contributed by atoms with E-state index in [-0.39, 0.29) is 12.5 Å². The molecule has 0 unspecified atom stereocenters. The Hall–Kier alpha value is -1.75. The number of amides is 2. The Labute approximate surface area is 97.7 Å². The zero-order valence-corrected chi connectivity index (χ0v) is 9.16. The van der Waals surface area contributed by atoms with Crippen molar-refractivity contribution in [3.63, 3.8) is 0 Å². The van der Waals surface area contributed by atoms with Crippen LogP contribution in [0.5, 0.6) is 0 Å². The number of hydrazine groups is 1. The van der Waals surface area contributed by atoms with Crippen molar-refractivity contribution >= 4 is 23.6 Å². The van der Waals surface area contributed by atoms with Crippen molar-refractivity contribution < 1.29 is 14.3 Å². The summed E-state index contributed by atoms with van der Waals surface area (Å²) in [5.41, 5.74) is 4.99. The first kappa shape index (κ1) is 12.3. The Balaban J connectivity index is 2.23. The topological polar surface area (TPSA) is 67.4 Å². The number of halogens is 1. The van der Waals surface area contributed by atoms with E-state index in [1.165, 1.54) is 0 Å². The van der Waals surface area contributed by atoms with E-state index in [0.29, 0.717) is 0 Å². The van der Waals surface area contributed by atoms with Gasteiger partial charge in [0.05, 0.1) is 0 Å². The first-order chi connectivity index (χ1) is 7.72. The summed E-state index contributed by atoms with van der Waals surface area (Å²) in [6, 6.07) is 9.19. The number of nitrogens with one attached hydrogen (secondary N) is 2. The van der Waals surface area contributed by atoms with Crippen molar-refractivity contribution in [2.45, 2.75) is 6.61 Å². The molecule has 0 aliphatic carbocycles. The summed E-state index contributed by atoms with van der Waals surface area (Å²) < 4.78 is 4.82. The van der Waals surface area contributed by atoms with E-state index in [1.807, 2.05) is 30.3 Å². The van der Waals surface area contributed by atoms with Gasteiger partial charge in [-0.2, -0.15) is 0 Å². The lowest BCUT2D eigenvalue weighted by Crippen LogP contribution is -2.42. The molecule has 0 aromatic heterocycles. The summed E-state index contributed by atoms with van der Waals surface area (Å²) in [6.07, 6.45) is -0.734. The second-order valence-corrected chi connectivity index (χ2v) is 3.14. The van der Waals surface area contributed by atoms with Gasteiger partial charge in [-0.05, 0) is 5.56 Å². The number of carbonyl (C=O) groups is 2. The van der Waals surface area contributed by atoms with Gasteiger partial charge in [0.1, 0.15) is 12.5 Å². The molecule has 16 heavy (non-hydrogen) atoms. The fraction of sp³-hybridized carbons (Fsp3) is 0.200. The predicted octanol–water partition coefficient (Wildman–Crippen LogP) is 1.18. The first-order valence-corrected chi connectivity index (χ1v) is 5.07. The van der Waals surface area contributed by atoms with Gasteiger partial charge in [0.2, 0.25) is 0 Å². The number of ether oxygens (including phenoxy) is 1. The summed E-state index contributed by atoms with van der Waals surface area (Å²) in [5.74, 6) is -0.725. The molecule has 0 aliphatic heterocycles. The van der Waals surface area contributed by atoms with Crippen LogP contribution in [0.25, 0.3) is 0 Å². The van der Waals surface area contributed by atoms with Crippen LogP contribution in [0.15, 0.2) is 30.3 Å². The van der Waals surface area contributed by atoms with Crippen molar-refractivity contribution in [2.75, 3.05) is 5.88 Å². The Morgan fingerprint density at radius 1 is 1.19 bits per heavy atom. The number of alkyl halides is 1. The highest BCUT2D eigenvalue weighted by Crippen LogP contribution is 1.99. The number of carbonyl (C=O) groups excluding carboxylic acids is 2. The molecule has 0 aliphatic rings. The molecule has 2 N–H and O–H groups in total. The zero-order chi connectivity index (χ0) is 11.8. The van der Waals surface area contributed by atoms with Crippen LogP contribution < -0.4 is 10.9 Å². The van der Waals surface area contributed by atoms with Crippen molar-refractivity contribution in [1.29, 1.82) is 0 Å². The number of rotatable bonds is 3. The van der Waals surface area contributed by atoms with Gasteiger partial charge in [-0.3, -0.25) is 10.2 Å². The van der Waals surface area contributed by atoms with Crippen molar-refractivity contribution in [1.82, 2.24) is 10.9 Å². The smallest absolute Gasteiger partial charge is 0.426 e. The molecular weight excluding hydrogens is 232 g/mol. The minimum atomic E-state index is -0.734. The minimum Gasteiger partial charge on any atom is -0.443 e. The van der Waals surface area contributed by atoms with Gasteiger partial charge in [-0.15, -0.1) is 11.6 Å². The average molecular weight is 243 g/mol. The van der Waals surface area contributed by atoms with Crippen LogP contribution in [0.3, 0.4) is 0 Å². The Kier molecular flexibility index (Phi) is 5.15. The second-order valence-electron chi connectivity index (χ2n) is 2.87. The molecule has 1 rings (SSSR count). The quantitative estimate of drug-likeness (QED) is 0.618. The molecular formula is C10H11ClN2O3. The monoisotopic (exact) mass is 242 g/mol. The molecule has 0 saturated carbocycles. The van der Waals surface area contributed by atoms with E-state index >= 15 is 0 Å². The molecule has 0 heterocycles. The van der Waals surface area contributed by atoms with Crippen molar-refractivity contribution in [2.24, 2.45) is 0 Å². The van der Waals surface area contributed by atoms with Crippen LogP contribution in [0.1, 0.15) is 5.56 Å². The van der Waals surface area contributed by atoms with Gasteiger partial charge in [-0.25, -0.2) is 10.2 Å². The maximum Gasteiger partial charge on any atom is 0.426 e. The molecule has 1 aromatic rings. The van der Waals surface area contributed by atoms with Gasteiger partial charge in [0.25, 0.3) is 5.91 Å². The molecule has 1 aromatic carbocycles. The summed E-state index contributed by atoms with van der Waals surface area (Å²) in [5, 5.41) is 0. The number of hydrogen-bond donors (Lipinski definition) is 2. The third kappa shape index (κ3) is 4.65. The van der Waals surface area contributed by atoms with E-state index < -0.39 is 12.0 Å². The third-order valence-corrected chi connectivity index (χ3v) is 1.88. The maximum absolute atomic E-state index is 11.0. The third-order valence-electron chi connectivity index (χ3n) is 1.64. The fourth-order valence-corrected chi connectivity index (χ4v) is 0.980. The van der Waals surface area contributed by atoms with Crippen LogP contribution >= 0.6 is 11.6 Å². The van der Waals surface area contributed by atoms with E-state index in [4.69, 9.17) is 16.3 Å². The largest absolute Gasteiger partial charge is 0.443 e. The molecule has 2 amide bonds. The molecule has 0 radical (unpaired) electrons. The first-order valence-electron chi connectivity index (χ1n) is 4.54. The summed E-state index contributed by atoms with van der Waals surface area (Å²) >= 11 is 5.20. The summed E-state index contributed by atoms with van der Waals surface area (Å²) in [7, 11) is 0. The SMILES string of the molecule is O=C(CCl)NNC(=O)OCc1ccccc1. The van der Waals surface area contributed by atoms with Crippen molar-refractivity contribution in [3.8, 4) is 0 Å². The summed E-state index contributed by atoms with van der Waals surface area (Å²) in [4.78, 5) is 21.7. The molecule has 6 heteroatoms. The van der Waals surface area contributed by atoms with Crippen LogP contribution in [-0.2, 0) is 16.1 Å². The lowest BCUT2D eigenvalue weighted by Gasteiger charge is -2.07. The molecule has 0 bridgehead atoms. The molecule has 86 valence electrons. The fourth-order valence-electron chi connectivity index (χ4n) is 0.913. The Morgan fingerprint density at radius 2 is 1.88 bits per heavy atom. The standard InChI is InChI=1S/C10H11ClN2O3/c11-6-9(14)12-13-10(15)16-7-8-4-2-1-3-5-8/h1-5H,6-7H2,(H,12,14)(H,13,15). The van der Waals surface area contributed by atoms with Crippen LogP contribution in [0.2, 0.25) is 0 Å². The number of hydrogen-bond acceptors (Lipinski definition) is 3. The Morgan fingerprint density at radius 3 is 2.50 bits per heavy atom. The molecule has 0 saturated heterocycles. The average Bonchev–Trinajstić information content (AvgIpc) is 2.34. The molecule has 0 spiro atoms. The lowest BCUT2D eigenvalue weighted by molar-refractivity contribution is -0.119. The second kappa shape index (κ2) is 6.68. The zero-order valence-electron chi connectivity index (χ0n) is 8.40. The van der Waals surface area contributed by atoms with Crippen LogP contribution in [-0.4, -0.2) is 17.9 Å². The normalized spacial score (nSPS) is 9.31. The van der Waals surface area contributed by atoms with Gasteiger partial charge < -0.3 is 4.74 Å². The molecule has 0 atom stereocenters. The van der Waals surface area contributed by atoms with Crippen molar-refractivity contribution in [3.05, 3.63) is 35.9 Å². The van der Waals surface area contributed by atoms with Gasteiger partial charge >= 0.3 is 6.09 Å². The minimum absolute atomic E-state index is 0.142. The van der Waals surface area contributed by atoms with Gasteiger partial charge in [0, 0.05) is 0 Å². The number of benzene rings is 1. The van der Waals surface area contributed by atoms with Gasteiger partial charge in [-0.1, -0.05) is 30.3 Å². The van der Waals surface area contributed by atoms with Gasteiger partial charge in [0.15, 0.2) is 0 Å². The lowest BCUT2D eigenvalue weighted by atomic mass is 10.2. The van der Waals surface area contributed by atoms with E-state index in [2.05, 4.69) is 10.9 Å². The highest BCUT2D eigenvalue weighted by Gasteiger charge is 2.03. The summed E-state index contributed by atoms with van der Waals surface area (Å²) in [6.45, 7) is 0.142. The van der Waals surface area contributed by atoms with Crippen LogP contribution in [0, 0.1) is 0 Å². The Bertz CT molecular complexity index is 356. The highest BCUT2D eigenvalue weighted by atomic mass is 35.5. The van der Waals surface area contributed by atoms with E-state index in [0.717, 1.165) is 5.56 Å². The molecule has 0 fully saturated rings. The van der Waals surface area contributed by atoms with E-state index in [9.17, 15) is 9.59 Å². The highest BCUT2D eigenvalue weighted by molar-refractivity contribution is 6.27.